The lowest BCUT2D eigenvalue weighted by molar-refractivity contribution is 0.668. The Labute approximate surface area is 775 Å². The number of benzene rings is 20. The average Bonchev–Trinajstić information content (AvgIpc) is 1.50. The lowest BCUT2D eigenvalue weighted by atomic mass is 9.67. The number of para-hydroxylation sites is 9. The van der Waals surface area contributed by atoms with Gasteiger partial charge in [0.2, 0.25) is 0 Å². The van der Waals surface area contributed by atoms with Gasteiger partial charge in [-0.15, -0.1) is 0 Å². The van der Waals surface area contributed by atoms with Crippen molar-refractivity contribution in [2.75, 3.05) is 19.6 Å². The molecule has 0 fully saturated rings. The minimum Gasteiger partial charge on any atom is -0.455 e. The molecule has 0 spiro atoms. The van der Waals surface area contributed by atoms with Crippen LogP contribution in [0, 0.1) is 27.7 Å². The first kappa shape index (κ1) is 77.9. The lowest BCUT2D eigenvalue weighted by Gasteiger charge is -2.36. The van der Waals surface area contributed by atoms with Crippen molar-refractivity contribution in [2.45, 2.75) is 38.5 Å². The molecule has 4 aromatic heterocycles. The molecule has 20 aromatic carbocycles. The molecule has 0 saturated heterocycles. The highest BCUT2D eigenvalue weighted by molar-refractivity contribution is 6.29. The van der Waals surface area contributed by atoms with Gasteiger partial charge in [-0.1, -0.05) is 303 Å². The van der Waals surface area contributed by atoms with Crippen molar-refractivity contribution in [3.63, 3.8) is 0 Å². The van der Waals surface area contributed by atoms with E-state index in [2.05, 4.69) is 496 Å². The van der Waals surface area contributed by atoms with E-state index in [1.807, 2.05) is 0 Å². The van der Waals surface area contributed by atoms with E-state index in [0.717, 1.165) is 256 Å². The highest BCUT2D eigenvalue weighted by Gasteiger charge is 2.53. The predicted octanol–water partition coefficient (Wildman–Crippen LogP) is 34.8. The molecule has 24 aromatic rings. The summed E-state index contributed by atoms with van der Waals surface area (Å²) in [5, 5.41) is 7.93. The van der Waals surface area contributed by atoms with Crippen LogP contribution in [0.4, 0.5) is 68.2 Å². The molecule has 26 rings (SSSR count). The summed E-state index contributed by atoms with van der Waals surface area (Å²) in [5.74, 6) is 0. The molecule has 0 N–H and O–H groups in total. The van der Waals surface area contributed by atoms with E-state index in [4.69, 9.17) is 17.7 Å². The molecule has 2 aliphatic carbocycles. The number of fused-ring (bicyclic) bond motifs is 22. The van der Waals surface area contributed by atoms with Gasteiger partial charge in [0.1, 0.15) is 33.5 Å². The van der Waals surface area contributed by atoms with Crippen LogP contribution in [0.3, 0.4) is 0 Å². The van der Waals surface area contributed by atoms with Crippen molar-refractivity contribution < 1.29 is 17.7 Å². The van der Waals surface area contributed by atoms with E-state index < -0.39 is 10.8 Å². The lowest BCUT2D eigenvalue weighted by Crippen LogP contribution is -2.29. The summed E-state index contributed by atoms with van der Waals surface area (Å²) in [6, 6.07) is 164. The summed E-state index contributed by atoms with van der Waals surface area (Å²) in [4.78, 5) is 9.74. The molecule has 8 nitrogen and oxygen atoms in total. The van der Waals surface area contributed by atoms with Crippen molar-refractivity contribution in [3.8, 4) is 33.4 Å². The summed E-state index contributed by atoms with van der Waals surface area (Å²) >= 11 is 0. The van der Waals surface area contributed by atoms with E-state index in [1.165, 1.54) is 0 Å². The van der Waals surface area contributed by atoms with Crippen LogP contribution in [0.15, 0.2) is 467 Å². The zero-order valence-corrected chi connectivity index (χ0v) is 74.1. The normalized spacial score (nSPS) is 13.6. The number of hydrogen-bond donors (Lipinski definition) is 0. The van der Waals surface area contributed by atoms with Crippen LogP contribution in [0.5, 0.6) is 0 Å². The Kier molecular flexibility index (Phi) is 17.9. The fourth-order valence-electron chi connectivity index (χ4n) is 22.6. The van der Waals surface area contributed by atoms with Gasteiger partial charge in [-0.2, -0.15) is 0 Å². The van der Waals surface area contributed by atoms with Crippen molar-refractivity contribution in [2.24, 2.45) is 0 Å². The molecule has 4 heterocycles. The highest BCUT2D eigenvalue weighted by Crippen LogP contribution is 2.68. The second kappa shape index (κ2) is 30.7. The molecule has 0 amide bonds. The number of rotatable bonds is 17. The smallest absolute Gasteiger partial charge is 0.160 e. The predicted molar refractivity (Wildman–Crippen MR) is 553 cm³/mol. The molecule has 0 bridgehead atoms. The third-order valence-corrected chi connectivity index (χ3v) is 28.2. The van der Waals surface area contributed by atoms with E-state index >= 15 is 0 Å². The molecule has 2 aliphatic rings. The Hall–Kier alpha value is -17.2. The van der Waals surface area contributed by atoms with Gasteiger partial charge < -0.3 is 37.3 Å². The van der Waals surface area contributed by atoms with Gasteiger partial charge in [0.15, 0.2) is 11.2 Å². The fourth-order valence-corrected chi connectivity index (χ4v) is 22.6. The third-order valence-electron chi connectivity index (χ3n) is 28.2. The topological polar surface area (TPSA) is 65.5 Å². The first-order chi connectivity index (χ1) is 66.1. The fraction of sp³-hybridized carbons (Fsp3) is 0.0476. The van der Waals surface area contributed by atoms with E-state index in [1.54, 1.807) is 0 Å². The summed E-state index contributed by atoms with van der Waals surface area (Å²) < 4.78 is 31.4. The Morgan fingerprint density at radius 2 is 0.493 bits per heavy atom. The minimum atomic E-state index is -1.14. The molecule has 8 heteroatoms. The second-order valence-corrected chi connectivity index (χ2v) is 35.8. The summed E-state index contributed by atoms with van der Waals surface area (Å²) in [6.07, 6.45) is 0. The van der Waals surface area contributed by atoms with E-state index in [0.29, 0.717) is 0 Å². The maximum atomic E-state index is 8.16. The highest BCUT2D eigenvalue weighted by atomic mass is 16.3. The average molecular weight is 1720 g/mol. The van der Waals surface area contributed by atoms with Crippen LogP contribution in [0.25, 0.3) is 121 Å². The van der Waals surface area contributed by atoms with Gasteiger partial charge in [0.25, 0.3) is 0 Å². The van der Waals surface area contributed by atoms with Gasteiger partial charge in [0.05, 0.1) is 44.4 Å². The molecular formula is C126H86N4O4. The SMILES string of the molecule is Cc1cccc(N(c2ccccc2)c2cc3c(c4c2oc2ccccc24)-c2c(cc(N(c4ccccc4)c4cccc(C)c4)c4c2oc2ccccc24)C3(c2ccccc2)c2cccc(-c3ccc4c(c3)oc3c(N(c5ccccc5)c5ccccc5C)cc5c(c34)-c3c(cc(N(c4ccccc4)c4ccccc4C)c4c3oc3ccccc34)C5(c3ccccc3)c3ccccc3)c2)c1. The second-order valence-electron chi connectivity index (χ2n) is 35.8. The maximum Gasteiger partial charge on any atom is 0.160 e. The van der Waals surface area contributed by atoms with Crippen molar-refractivity contribution in [3.05, 3.63) is 516 Å². The molecular weight excluding hydrogens is 1630 g/mol. The monoisotopic (exact) mass is 1720 g/mol. The van der Waals surface area contributed by atoms with Gasteiger partial charge in [0, 0.05) is 100 Å². The largest absolute Gasteiger partial charge is 0.455 e. The van der Waals surface area contributed by atoms with Crippen molar-refractivity contribution >= 4 is 156 Å². The first-order valence-corrected chi connectivity index (χ1v) is 46.1. The van der Waals surface area contributed by atoms with E-state index in [9.17, 15) is 0 Å². The van der Waals surface area contributed by atoms with Crippen LogP contribution in [-0.4, -0.2) is 0 Å². The Bertz CT molecular complexity index is 8790. The Balaban J connectivity index is 0.792. The first-order valence-electron chi connectivity index (χ1n) is 46.1. The van der Waals surface area contributed by atoms with Crippen molar-refractivity contribution in [1.29, 1.82) is 0 Å². The molecule has 634 valence electrons. The summed E-state index contributed by atoms with van der Waals surface area (Å²) in [6.45, 7) is 8.79. The van der Waals surface area contributed by atoms with Crippen LogP contribution < -0.4 is 19.6 Å². The quantitative estimate of drug-likeness (QED) is 0.0894. The molecule has 0 radical (unpaired) electrons. The van der Waals surface area contributed by atoms with Crippen LogP contribution in [-0.2, 0) is 10.8 Å². The number of hydrogen-bond acceptors (Lipinski definition) is 8. The van der Waals surface area contributed by atoms with Gasteiger partial charge in [-0.3, -0.25) is 0 Å². The zero-order valence-electron chi connectivity index (χ0n) is 74.1. The molecule has 134 heavy (non-hydrogen) atoms. The molecule has 1 atom stereocenters. The number of aryl methyl sites for hydroxylation is 4. The number of anilines is 12. The number of nitrogens with zero attached hydrogens (tertiary/aromatic N) is 4. The molecule has 0 saturated carbocycles. The molecule has 0 aliphatic heterocycles. The van der Waals surface area contributed by atoms with Crippen LogP contribution >= 0.6 is 0 Å². The minimum absolute atomic E-state index is 0.723. The Morgan fingerprint density at radius 3 is 0.940 bits per heavy atom. The van der Waals surface area contributed by atoms with E-state index in [-0.39, 0.29) is 0 Å². The Morgan fingerprint density at radius 1 is 0.187 bits per heavy atom. The molecule has 1 unspecified atom stereocenters. The van der Waals surface area contributed by atoms with Gasteiger partial charge in [-0.05, 0) is 251 Å². The van der Waals surface area contributed by atoms with Crippen LogP contribution in [0.2, 0.25) is 0 Å². The van der Waals surface area contributed by atoms with Crippen LogP contribution in [0.1, 0.15) is 66.8 Å². The number of furan rings is 4. The summed E-state index contributed by atoms with van der Waals surface area (Å²) in [5.41, 5.74) is 35.0. The standard InChI is InChI=1S/C126H86N4O4/c1-79-39-36-59-93(71-79)127(89-51-18-8-19-52-89)105-75-102-120(123-113(105)95-61-28-33-66-109(95)132-123)118-100(77-107(121-115(118)97-63-30-35-68-111(97)131-121)128(90-53-20-9-21-54-90)94-60-37-40-80(2)72-94)126(102,87-48-16-7-17-49-87)88-50-38-43-83(73-88)84-69-70-98-112(74-84)134-122-108(130(92-57-24-11-25-58-92)104-65-32-27-42-82(104)4)78-99-117(116(98)122)119-101(125(99,85-44-12-5-13-45-85)86-46-14-6-15-47-86)76-106(114-96-62-29-34-67-110(96)133-124(114)119)129(91-55-22-10-23-56-91)103-64-31-26-41-81(103)3/h5-78H,1-4H3. The van der Waals surface area contributed by atoms with Crippen molar-refractivity contribution in [1.82, 2.24) is 0 Å². The third kappa shape index (κ3) is 11.7. The zero-order chi connectivity index (χ0) is 89.0. The summed E-state index contributed by atoms with van der Waals surface area (Å²) in [7, 11) is 0. The maximum absolute atomic E-state index is 8.16. The van der Waals surface area contributed by atoms with Gasteiger partial charge in [-0.25, -0.2) is 0 Å². The van der Waals surface area contributed by atoms with Gasteiger partial charge >= 0.3 is 0 Å².